The van der Waals surface area contributed by atoms with Gasteiger partial charge in [-0.25, -0.2) is 9.78 Å². The topological polar surface area (TPSA) is 64.2 Å². The van der Waals surface area contributed by atoms with Crippen LogP contribution in [-0.2, 0) is 12.0 Å². The summed E-state index contributed by atoms with van der Waals surface area (Å²) in [7, 11) is 0. The Morgan fingerprint density at radius 1 is 1.29 bits per heavy atom. The molecule has 2 aromatic rings. The monoisotopic (exact) mass is 384 g/mol. The Morgan fingerprint density at radius 3 is 2.54 bits per heavy atom. The van der Waals surface area contributed by atoms with Crippen molar-refractivity contribution in [3.05, 3.63) is 24.0 Å². The van der Waals surface area contributed by atoms with Gasteiger partial charge in [0.2, 0.25) is 0 Å². The van der Waals surface area contributed by atoms with Crippen LogP contribution in [0.3, 0.4) is 0 Å². The number of aromatic nitrogens is 2. The number of urea groups is 1. The maximum absolute atomic E-state index is 11.9. The molecule has 0 spiro atoms. The molecule has 0 radical (unpaired) electrons. The van der Waals surface area contributed by atoms with Crippen LogP contribution in [0.4, 0.5) is 10.5 Å². The van der Waals surface area contributed by atoms with E-state index in [0.29, 0.717) is 0 Å². The second-order valence-electron chi connectivity index (χ2n) is 9.26. The predicted octanol–water partition coefficient (Wildman–Crippen LogP) is 5.60. The van der Waals surface area contributed by atoms with E-state index in [4.69, 9.17) is 10.7 Å². The number of rotatable bonds is 6. The maximum Gasteiger partial charge on any atom is 0.319 e. The number of anilines is 1. The summed E-state index contributed by atoms with van der Waals surface area (Å²) in [5.74, 6) is 1.89. The van der Waals surface area contributed by atoms with Crippen molar-refractivity contribution in [1.29, 1.82) is 0 Å². The van der Waals surface area contributed by atoms with Gasteiger partial charge in [-0.15, -0.1) is 0 Å². The molecule has 1 saturated carbocycles. The molecule has 0 bridgehead atoms. The summed E-state index contributed by atoms with van der Waals surface area (Å²) in [5.41, 5.74) is 8.57. The third-order valence-electron chi connectivity index (χ3n) is 6.42. The molecule has 2 amide bonds. The zero-order chi connectivity index (χ0) is 20.5. The van der Waals surface area contributed by atoms with Crippen molar-refractivity contribution in [2.75, 3.05) is 4.90 Å². The van der Waals surface area contributed by atoms with Gasteiger partial charge in [-0.2, -0.15) is 0 Å². The van der Waals surface area contributed by atoms with E-state index in [1.54, 1.807) is 4.90 Å². The molecule has 0 unspecified atom stereocenters. The van der Waals surface area contributed by atoms with Crippen LogP contribution < -0.4 is 10.6 Å². The Kier molecular flexibility index (Phi) is 6.01. The summed E-state index contributed by atoms with van der Waals surface area (Å²) in [6, 6.07) is 5.73. The van der Waals surface area contributed by atoms with Crippen LogP contribution in [0.1, 0.15) is 79.0 Å². The SMILES string of the molecule is CCC(C)(C)c1nc2cc(N(C(N)=O)C(C)C)ccc2n1CC1CCCCC1. The summed E-state index contributed by atoms with van der Waals surface area (Å²) in [6.07, 6.45) is 7.72. The number of benzene rings is 1. The molecule has 0 saturated heterocycles. The fraction of sp³-hybridized carbons (Fsp3) is 0.652. The lowest BCUT2D eigenvalue weighted by Gasteiger charge is -2.28. The van der Waals surface area contributed by atoms with E-state index in [0.717, 1.165) is 35.9 Å². The highest BCUT2D eigenvalue weighted by Crippen LogP contribution is 2.34. The summed E-state index contributed by atoms with van der Waals surface area (Å²) in [4.78, 5) is 18.6. The van der Waals surface area contributed by atoms with Crippen LogP contribution in [0.5, 0.6) is 0 Å². The lowest BCUT2D eigenvalue weighted by Crippen LogP contribution is -2.40. The maximum atomic E-state index is 11.9. The molecule has 1 aromatic heterocycles. The van der Waals surface area contributed by atoms with Crippen molar-refractivity contribution in [2.24, 2.45) is 11.7 Å². The normalized spacial score (nSPS) is 16.1. The molecule has 28 heavy (non-hydrogen) atoms. The average Bonchev–Trinajstić information content (AvgIpc) is 3.00. The van der Waals surface area contributed by atoms with Crippen molar-refractivity contribution in [2.45, 2.75) is 91.1 Å². The second kappa shape index (κ2) is 8.14. The van der Waals surface area contributed by atoms with Crippen LogP contribution in [0.25, 0.3) is 11.0 Å². The van der Waals surface area contributed by atoms with Gasteiger partial charge in [0.25, 0.3) is 0 Å². The van der Waals surface area contributed by atoms with Gasteiger partial charge in [-0.3, -0.25) is 4.90 Å². The highest BCUT2D eigenvalue weighted by atomic mass is 16.2. The van der Waals surface area contributed by atoms with E-state index in [1.807, 2.05) is 26.0 Å². The lowest BCUT2D eigenvalue weighted by atomic mass is 9.87. The van der Waals surface area contributed by atoms with E-state index in [-0.39, 0.29) is 11.5 Å². The molecule has 154 valence electrons. The molecular weight excluding hydrogens is 348 g/mol. The minimum Gasteiger partial charge on any atom is -0.351 e. The first-order chi connectivity index (χ1) is 13.2. The van der Waals surface area contributed by atoms with Gasteiger partial charge in [0.1, 0.15) is 5.82 Å². The standard InChI is InChI=1S/C23H36N4O/c1-6-23(4,5)21-25-19-14-18(27(16(2)3)22(24)28)12-13-20(19)26(21)15-17-10-8-7-9-11-17/h12-14,16-17H,6-11,15H2,1-5H3,(H2,24,28). The lowest BCUT2D eigenvalue weighted by molar-refractivity contribution is 0.252. The van der Waals surface area contributed by atoms with Gasteiger partial charge in [0, 0.05) is 23.7 Å². The van der Waals surface area contributed by atoms with Gasteiger partial charge >= 0.3 is 6.03 Å². The minimum atomic E-state index is -0.426. The molecule has 5 heteroatoms. The van der Waals surface area contributed by atoms with Gasteiger partial charge in [-0.1, -0.05) is 40.0 Å². The van der Waals surface area contributed by atoms with Crippen molar-refractivity contribution in [3.8, 4) is 0 Å². The number of hydrogen-bond donors (Lipinski definition) is 1. The van der Waals surface area contributed by atoms with Crippen molar-refractivity contribution in [3.63, 3.8) is 0 Å². The van der Waals surface area contributed by atoms with Crippen molar-refractivity contribution >= 4 is 22.8 Å². The fourth-order valence-electron chi connectivity index (χ4n) is 4.44. The molecular formula is C23H36N4O. The summed E-state index contributed by atoms with van der Waals surface area (Å²) in [5, 5.41) is 0. The third kappa shape index (κ3) is 4.03. The third-order valence-corrected chi connectivity index (χ3v) is 6.42. The Bertz CT molecular complexity index is 830. The van der Waals surface area contributed by atoms with Crippen LogP contribution >= 0.6 is 0 Å². The number of carbonyl (C=O) groups excluding carboxylic acids is 1. The number of carbonyl (C=O) groups is 1. The Balaban J connectivity index is 2.08. The summed E-state index contributed by atoms with van der Waals surface area (Å²) in [6.45, 7) is 11.8. The first-order valence-corrected chi connectivity index (χ1v) is 10.8. The van der Waals surface area contributed by atoms with E-state index >= 15 is 0 Å². The van der Waals surface area contributed by atoms with Crippen LogP contribution in [0.2, 0.25) is 0 Å². The molecule has 1 heterocycles. The second-order valence-corrected chi connectivity index (χ2v) is 9.26. The zero-order valence-corrected chi connectivity index (χ0v) is 18.2. The summed E-state index contributed by atoms with van der Waals surface area (Å²) < 4.78 is 2.45. The van der Waals surface area contributed by atoms with Gasteiger partial charge in [0.05, 0.1) is 11.0 Å². The molecule has 1 aliphatic carbocycles. The first-order valence-electron chi connectivity index (χ1n) is 10.8. The smallest absolute Gasteiger partial charge is 0.319 e. The number of primary amides is 1. The highest BCUT2D eigenvalue weighted by molar-refractivity contribution is 5.93. The van der Waals surface area contributed by atoms with Crippen molar-refractivity contribution < 1.29 is 4.79 Å². The fourth-order valence-corrected chi connectivity index (χ4v) is 4.44. The number of nitrogens with two attached hydrogens (primary N) is 1. The minimum absolute atomic E-state index is 0.00540. The number of hydrogen-bond acceptors (Lipinski definition) is 2. The number of amides is 2. The van der Waals surface area contributed by atoms with E-state index in [2.05, 4.69) is 31.4 Å². The average molecular weight is 385 g/mol. The first kappa shape index (κ1) is 20.7. The molecule has 1 aliphatic rings. The van der Waals surface area contributed by atoms with Crippen molar-refractivity contribution in [1.82, 2.24) is 9.55 Å². The Hall–Kier alpha value is -2.04. The predicted molar refractivity (Wildman–Crippen MR) is 117 cm³/mol. The molecule has 5 nitrogen and oxygen atoms in total. The zero-order valence-electron chi connectivity index (χ0n) is 18.2. The molecule has 0 aliphatic heterocycles. The van der Waals surface area contributed by atoms with Gasteiger partial charge < -0.3 is 10.3 Å². The van der Waals surface area contributed by atoms with E-state index < -0.39 is 6.03 Å². The van der Waals surface area contributed by atoms with Gasteiger partial charge in [-0.05, 0) is 57.2 Å². The van der Waals surface area contributed by atoms with Crippen LogP contribution in [0.15, 0.2) is 18.2 Å². The molecule has 0 atom stereocenters. The van der Waals surface area contributed by atoms with Crippen LogP contribution in [0, 0.1) is 5.92 Å². The molecule has 1 aromatic carbocycles. The Labute approximate surface area is 169 Å². The Morgan fingerprint density at radius 2 is 1.96 bits per heavy atom. The molecule has 2 N–H and O–H groups in total. The largest absolute Gasteiger partial charge is 0.351 e. The quantitative estimate of drug-likeness (QED) is 0.705. The number of nitrogens with zero attached hydrogens (tertiary/aromatic N) is 3. The number of imidazole rings is 1. The van der Waals surface area contributed by atoms with Gasteiger partial charge in [0.15, 0.2) is 0 Å². The highest BCUT2D eigenvalue weighted by Gasteiger charge is 2.28. The number of fused-ring (bicyclic) bond motifs is 1. The van der Waals surface area contributed by atoms with Crippen LogP contribution in [-0.4, -0.2) is 21.6 Å². The van der Waals surface area contributed by atoms with E-state index in [9.17, 15) is 4.79 Å². The molecule has 3 rings (SSSR count). The van der Waals surface area contributed by atoms with E-state index in [1.165, 1.54) is 37.6 Å². The summed E-state index contributed by atoms with van der Waals surface area (Å²) >= 11 is 0. The molecule has 1 fully saturated rings.